The van der Waals surface area contributed by atoms with Gasteiger partial charge in [0, 0.05) is 64.0 Å². The number of aromatic nitrogens is 2. The number of hydrogen-bond acceptors (Lipinski definition) is 5. The maximum atomic E-state index is 12.0. The molecule has 0 N–H and O–H groups in total. The molecule has 0 atom stereocenters. The minimum Gasteiger partial charge on any atom is -0.345 e. The summed E-state index contributed by atoms with van der Waals surface area (Å²) in [5, 5.41) is 8.47. The Labute approximate surface area is 161 Å². The lowest BCUT2D eigenvalue weighted by Crippen LogP contribution is -2.48. The Morgan fingerprint density at radius 1 is 1.11 bits per heavy atom. The van der Waals surface area contributed by atoms with E-state index in [0.29, 0.717) is 11.6 Å². The van der Waals surface area contributed by atoms with Gasteiger partial charge in [0.1, 0.15) is 0 Å². The Kier molecular flexibility index (Phi) is 6.19. The first-order valence-corrected chi connectivity index (χ1v) is 9.54. The molecular weight excluding hydrogens is 338 g/mol. The van der Waals surface area contributed by atoms with Crippen LogP contribution in [-0.4, -0.2) is 77.1 Å². The van der Waals surface area contributed by atoms with Crippen molar-refractivity contribution in [1.29, 1.82) is 0 Å². The SMILES string of the molecule is CC(C)N1CCN(Cc2cnnc(-c3ccc(C(=O)N(C)C)cc3)c2)CC1. The van der Waals surface area contributed by atoms with Crippen LogP contribution in [0.15, 0.2) is 36.5 Å². The van der Waals surface area contributed by atoms with E-state index in [1.807, 2.05) is 30.5 Å². The van der Waals surface area contributed by atoms with E-state index < -0.39 is 0 Å². The monoisotopic (exact) mass is 367 g/mol. The number of hydrogen-bond donors (Lipinski definition) is 0. The second kappa shape index (κ2) is 8.59. The second-order valence-electron chi connectivity index (χ2n) is 7.63. The fourth-order valence-corrected chi connectivity index (χ4v) is 3.37. The van der Waals surface area contributed by atoms with Crippen LogP contribution in [0.4, 0.5) is 0 Å². The molecule has 1 aromatic carbocycles. The molecule has 6 nitrogen and oxygen atoms in total. The number of benzene rings is 1. The molecule has 0 aliphatic carbocycles. The van der Waals surface area contributed by atoms with Crippen molar-refractivity contribution in [2.24, 2.45) is 0 Å². The van der Waals surface area contributed by atoms with Gasteiger partial charge in [-0.1, -0.05) is 12.1 Å². The Bertz CT molecular complexity index is 764. The van der Waals surface area contributed by atoms with Crippen LogP contribution in [0, 0.1) is 0 Å². The third-order valence-corrected chi connectivity index (χ3v) is 5.09. The number of carbonyl (C=O) groups excluding carboxylic acids is 1. The van der Waals surface area contributed by atoms with E-state index in [-0.39, 0.29) is 5.91 Å². The summed E-state index contributed by atoms with van der Waals surface area (Å²) in [6.45, 7) is 9.80. The van der Waals surface area contributed by atoms with Gasteiger partial charge in [-0.15, -0.1) is 0 Å². The summed E-state index contributed by atoms with van der Waals surface area (Å²) < 4.78 is 0. The topological polar surface area (TPSA) is 52.6 Å². The van der Waals surface area contributed by atoms with E-state index in [1.54, 1.807) is 19.0 Å². The molecule has 3 rings (SSSR count). The smallest absolute Gasteiger partial charge is 0.253 e. The maximum absolute atomic E-state index is 12.0. The molecule has 0 spiro atoms. The molecule has 0 bridgehead atoms. The number of carbonyl (C=O) groups is 1. The number of nitrogens with zero attached hydrogens (tertiary/aromatic N) is 5. The molecule has 6 heteroatoms. The fraction of sp³-hybridized carbons (Fsp3) is 0.476. The standard InChI is InChI=1S/C21H29N5O/c1-16(2)26-11-9-25(10-12-26)15-17-13-20(23-22-14-17)18-5-7-19(8-6-18)21(27)24(3)4/h5-8,13-14,16H,9-12,15H2,1-4H3. The zero-order valence-corrected chi connectivity index (χ0v) is 16.7. The Balaban J connectivity index is 1.66. The lowest BCUT2D eigenvalue weighted by molar-refractivity contribution is 0.0827. The number of piperazine rings is 1. The molecule has 1 fully saturated rings. The summed E-state index contributed by atoms with van der Waals surface area (Å²) in [7, 11) is 3.51. The first kappa shape index (κ1) is 19.5. The molecule has 1 saturated heterocycles. The highest BCUT2D eigenvalue weighted by Crippen LogP contribution is 2.19. The zero-order chi connectivity index (χ0) is 19.4. The molecule has 1 amide bonds. The number of amides is 1. The van der Waals surface area contributed by atoms with E-state index in [1.165, 1.54) is 5.56 Å². The predicted octanol–water partition coefficient (Wildman–Crippen LogP) is 2.37. The van der Waals surface area contributed by atoms with Gasteiger partial charge in [-0.2, -0.15) is 10.2 Å². The molecule has 0 saturated carbocycles. The normalized spacial score (nSPS) is 15.9. The van der Waals surface area contributed by atoms with Crippen molar-refractivity contribution in [3.05, 3.63) is 47.7 Å². The van der Waals surface area contributed by atoms with E-state index in [2.05, 4.69) is 39.9 Å². The van der Waals surface area contributed by atoms with Crippen LogP contribution in [0.5, 0.6) is 0 Å². The summed E-state index contributed by atoms with van der Waals surface area (Å²) in [4.78, 5) is 18.6. The van der Waals surface area contributed by atoms with E-state index in [4.69, 9.17) is 0 Å². The van der Waals surface area contributed by atoms with E-state index in [0.717, 1.165) is 44.0 Å². The van der Waals surface area contributed by atoms with Crippen molar-refractivity contribution < 1.29 is 4.79 Å². The van der Waals surface area contributed by atoms with Crippen LogP contribution >= 0.6 is 0 Å². The molecule has 0 unspecified atom stereocenters. The van der Waals surface area contributed by atoms with Crippen molar-refractivity contribution in [3.8, 4) is 11.3 Å². The van der Waals surface area contributed by atoms with Crippen LogP contribution in [0.25, 0.3) is 11.3 Å². The lowest BCUT2D eigenvalue weighted by atomic mass is 10.1. The van der Waals surface area contributed by atoms with Gasteiger partial charge < -0.3 is 4.90 Å². The summed E-state index contributed by atoms with van der Waals surface area (Å²) >= 11 is 0. The zero-order valence-electron chi connectivity index (χ0n) is 16.7. The summed E-state index contributed by atoms with van der Waals surface area (Å²) in [6, 6.07) is 10.3. The van der Waals surface area contributed by atoms with Gasteiger partial charge in [-0.3, -0.25) is 14.6 Å². The first-order valence-electron chi connectivity index (χ1n) is 9.54. The van der Waals surface area contributed by atoms with Gasteiger partial charge in [-0.25, -0.2) is 0 Å². The third kappa shape index (κ3) is 4.90. The van der Waals surface area contributed by atoms with Crippen molar-refractivity contribution in [3.63, 3.8) is 0 Å². The van der Waals surface area contributed by atoms with E-state index in [9.17, 15) is 4.79 Å². The molecule has 1 aromatic heterocycles. The quantitative estimate of drug-likeness (QED) is 0.812. The molecule has 1 aliphatic heterocycles. The molecule has 2 aromatic rings. The molecular formula is C21H29N5O. The highest BCUT2D eigenvalue weighted by molar-refractivity contribution is 5.94. The first-order chi connectivity index (χ1) is 12.9. The minimum absolute atomic E-state index is 0.00178. The Morgan fingerprint density at radius 3 is 2.37 bits per heavy atom. The second-order valence-corrected chi connectivity index (χ2v) is 7.63. The van der Waals surface area contributed by atoms with Crippen LogP contribution in [0.1, 0.15) is 29.8 Å². The molecule has 2 heterocycles. The van der Waals surface area contributed by atoms with Gasteiger partial charge >= 0.3 is 0 Å². The maximum Gasteiger partial charge on any atom is 0.253 e. The van der Waals surface area contributed by atoms with Gasteiger partial charge in [0.15, 0.2) is 0 Å². The van der Waals surface area contributed by atoms with Crippen LogP contribution in [0.3, 0.4) is 0 Å². The van der Waals surface area contributed by atoms with Gasteiger partial charge in [-0.05, 0) is 37.6 Å². The molecule has 1 aliphatic rings. The fourth-order valence-electron chi connectivity index (χ4n) is 3.37. The summed E-state index contributed by atoms with van der Waals surface area (Å²) in [5.41, 5.74) is 3.67. The van der Waals surface area contributed by atoms with Crippen LogP contribution in [-0.2, 0) is 6.54 Å². The average Bonchev–Trinajstić information content (AvgIpc) is 2.68. The average molecular weight is 367 g/mol. The van der Waals surface area contributed by atoms with Gasteiger partial charge in [0.05, 0.1) is 11.9 Å². The lowest BCUT2D eigenvalue weighted by Gasteiger charge is -2.36. The predicted molar refractivity (Wildman–Crippen MR) is 107 cm³/mol. The van der Waals surface area contributed by atoms with Crippen LogP contribution in [0.2, 0.25) is 0 Å². The van der Waals surface area contributed by atoms with Gasteiger partial charge in [0.25, 0.3) is 5.91 Å². The highest BCUT2D eigenvalue weighted by Gasteiger charge is 2.19. The van der Waals surface area contributed by atoms with Crippen molar-refractivity contribution in [2.45, 2.75) is 26.4 Å². The van der Waals surface area contributed by atoms with Crippen molar-refractivity contribution in [2.75, 3.05) is 40.3 Å². The minimum atomic E-state index is 0.00178. The highest BCUT2D eigenvalue weighted by atomic mass is 16.2. The third-order valence-electron chi connectivity index (χ3n) is 5.09. The van der Waals surface area contributed by atoms with E-state index >= 15 is 0 Å². The van der Waals surface area contributed by atoms with Crippen molar-refractivity contribution >= 4 is 5.91 Å². The van der Waals surface area contributed by atoms with Crippen molar-refractivity contribution in [1.82, 2.24) is 24.9 Å². The van der Waals surface area contributed by atoms with Gasteiger partial charge in [0.2, 0.25) is 0 Å². The Morgan fingerprint density at radius 2 is 1.78 bits per heavy atom. The molecule has 27 heavy (non-hydrogen) atoms. The molecule has 144 valence electrons. The summed E-state index contributed by atoms with van der Waals surface area (Å²) in [5.74, 6) is 0.00178. The molecule has 0 radical (unpaired) electrons. The largest absolute Gasteiger partial charge is 0.345 e. The Hall–Kier alpha value is -2.31. The summed E-state index contributed by atoms with van der Waals surface area (Å²) in [6.07, 6.45) is 1.85. The van der Waals surface area contributed by atoms with Crippen LogP contribution < -0.4 is 0 Å². The number of rotatable bonds is 5.